The quantitative estimate of drug-likeness (QED) is 0.616. The Hall–Kier alpha value is -1.85. The third-order valence-electron chi connectivity index (χ3n) is 2.26. The molecule has 1 aromatic rings. The highest BCUT2D eigenvalue weighted by Crippen LogP contribution is 2.01. The second kappa shape index (κ2) is 5.89. The molecule has 88 valence electrons. The van der Waals surface area contributed by atoms with Crippen LogP contribution in [0.4, 0.5) is 0 Å². The minimum Gasteiger partial charge on any atom is -0.368 e. The molecule has 0 aliphatic carbocycles. The van der Waals surface area contributed by atoms with Crippen LogP contribution in [0.5, 0.6) is 0 Å². The Morgan fingerprint density at radius 2 is 2.50 bits per heavy atom. The van der Waals surface area contributed by atoms with Crippen LogP contribution in [0.1, 0.15) is 18.4 Å². The van der Waals surface area contributed by atoms with Gasteiger partial charge in [0.05, 0.1) is 6.20 Å². The average Bonchev–Trinajstić information content (AvgIpc) is 2.63. The van der Waals surface area contributed by atoms with Crippen molar-refractivity contribution in [1.82, 2.24) is 15.1 Å². The van der Waals surface area contributed by atoms with E-state index in [-0.39, 0.29) is 0 Å². The van der Waals surface area contributed by atoms with Crippen molar-refractivity contribution in [2.75, 3.05) is 0 Å². The van der Waals surface area contributed by atoms with Crippen molar-refractivity contribution in [3.8, 4) is 0 Å². The normalized spacial score (nSPS) is 12.1. The van der Waals surface area contributed by atoms with Gasteiger partial charge >= 0.3 is 0 Å². The summed E-state index contributed by atoms with van der Waals surface area (Å²) in [5.74, 6) is -0.510. The summed E-state index contributed by atoms with van der Waals surface area (Å²) < 4.78 is 1.80. The molecule has 2 amide bonds. The molecule has 0 fully saturated rings. The van der Waals surface area contributed by atoms with Gasteiger partial charge in [-0.25, -0.2) is 0 Å². The van der Waals surface area contributed by atoms with E-state index in [9.17, 15) is 9.59 Å². The standard InChI is InChI=1S/C10H16N4O2/c1-8-5-13-14(6-8)4-2-3-9(10(11)16)12-7-15/h5-7,9H,2-4H2,1H3,(H2,11,16)(H,12,15). The molecule has 1 atom stereocenters. The van der Waals surface area contributed by atoms with Gasteiger partial charge in [0.15, 0.2) is 0 Å². The van der Waals surface area contributed by atoms with Crippen LogP contribution in [-0.2, 0) is 16.1 Å². The van der Waals surface area contributed by atoms with Crippen molar-refractivity contribution in [1.29, 1.82) is 0 Å². The summed E-state index contributed by atoms with van der Waals surface area (Å²) in [6.45, 7) is 2.67. The number of aryl methyl sites for hydroxylation is 2. The van der Waals surface area contributed by atoms with E-state index in [2.05, 4.69) is 10.4 Å². The number of hydrogen-bond donors (Lipinski definition) is 2. The number of nitrogens with two attached hydrogens (primary N) is 1. The van der Waals surface area contributed by atoms with E-state index in [1.807, 2.05) is 13.1 Å². The highest BCUT2D eigenvalue weighted by Gasteiger charge is 2.13. The predicted molar refractivity (Wildman–Crippen MR) is 58.4 cm³/mol. The predicted octanol–water partition coefficient (Wildman–Crippen LogP) is -0.428. The van der Waals surface area contributed by atoms with E-state index in [0.717, 1.165) is 12.0 Å². The summed E-state index contributed by atoms with van der Waals surface area (Å²) in [7, 11) is 0. The van der Waals surface area contributed by atoms with Gasteiger partial charge in [0.2, 0.25) is 12.3 Å². The lowest BCUT2D eigenvalue weighted by Crippen LogP contribution is -2.40. The molecule has 3 N–H and O–H groups in total. The number of primary amides is 1. The summed E-state index contributed by atoms with van der Waals surface area (Å²) in [6.07, 6.45) is 5.44. The first-order valence-electron chi connectivity index (χ1n) is 5.11. The first-order chi connectivity index (χ1) is 7.63. The summed E-state index contributed by atoms with van der Waals surface area (Å²) in [6, 6.07) is -0.589. The van der Waals surface area contributed by atoms with Crippen LogP contribution in [0, 0.1) is 6.92 Å². The summed E-state index contributed by atoms with van der Waals surface area (Å²) in [4.78, 5) is 21.1. The van der Waals surface area contributed by atoms with Crippen molar-refractivity contribution in [3.05, 3.63) is 18.0 Å². The molecular weight excluding hydrogens is 208 g/mol. The largest absolute Gasteiger partial charge is 0.368 e. The molecular formula is C10H16N4O2. The van der Waals surface area contributed by atoms with Crippen molar-refractivity contribution in [3.63, 3.8) is 0 Å². The summed E-state index contributed by atoms with van der Waals surface area (Å²) in [5, 5.41) is 6.50. The fourth-order valence-corrected chi connectivity index (χ4v) is 1.44. The summed E-state index contributed by atoms with van der Waals surface area (Å²) in [5.41, 5.74) is 6.22. The van der Waals surface area contributed by atoms with Crippen LogP contribution in [0.2, 0.25) is 0 Å². The lowest BCUT2D eigenvalue weighted by atomic mass is 10.1. The first kappa shape index (κ1) is 12.2. The molecule has 1 rings (SSSR count). The lowest BCUT2D eigenvalue weighted by molar-refractivity contribution is -0.122. The number of rotatable bonds is 7. The molecule has 1 heterocycles. The molecule has 0 saturated heterocycles. The van der Waals surface area contributed by atoms with E-state index in [0.29, 0.717) is 19.4 Å². The number of nitrogens with zero attached hydrogens (tertiary/aromatic N) is 2. The maximum Gasteiger partial charge on any atom is 0.239 e. The SMILES string of the molecule is Cc1cnn(CCCC(NC=O)C(N)=O)c1. The monoisotopic (exact) mass is 224 g/mol. The second-order valence-electron chi connectivity index (χ2n) is 3.66. The minimum atomic E-state index is -0.589. The molecule has 0 spiro atoms. The molecule has 6 heteroatoms. The van der Waals surface area contributed by atoms with Gasteiger partial charge in [-0.05, 0) is 25.3 Å². The molecule has 0 aliphatic heterocycles. The summed E-state index contributed by atoms with van der Waals surface area (Å²) >= 11 is 0. The fraction of sp³-hybridized carbons (Fsp3) is 0.500. The van der Waals surface area contributed by atoms with E-state index in [4.69, 9.17) is 5.73 Å². The topological polar surface area (TPSA) is 90.0 Å². The molecule has 0 aliphatic rings. The van der Waals surface area contributed by atoms with Gasteiger partial charge in [-0.3, -0.25) is 14.3 Å². The third-order valence-corrected chi connectivity index (χ3v) is 2.26. The number of carbonyl (C=O) groups is 2. The van der Waals surface area contributed by atoms with E-state index >= 15 is 0 Å². The number of amides is 2. The van der Waals surface area contributed by atoms with Gasteiger partial charge in [-0.15, -0.1) is 0 Å². The van der Waals surface area contributed by atoms with Crippen LogP contribution < -0.4 is 11.1 Å². The zero-order valence-corrected chi connectivity index (χ0v) is 9.22. The molecule has 0 saturated carbocycles. The fourth-order valence-electron chi connectivity index (χ4n) is 1.44. The van der Waals surface area contributed by atoms with Crippen molar-refractivity contribution < 1.29 is 9.59 Å². The number of nitrogens with one attached hydrogen (secondary N) is 1. The van der Waals surface area contributed by atoms with Gasteiger partial charge < -0.3 is 11.1 Å². The Morgan fingerprint density at radius 3 is 3.00 bits per heavy atom. The van der Waals surface area contributed by atoms with Gasteiger partial charge in [0.1, 0.15) is 6.04 Å². The van der Waals surface area contributed by atoms with Crippen LogP contribution >= 0.6 is 0 Å². The maximum absolute atomic E-state index is 10.9. The average molecular weight is 224 g/mol. The molecule has 16 heavy (non-hydrogen) atoms. The highest BCUT2D eigenvalue weighted by molar-refractivity contribution is 5.81. The van der Waals surface area contributed by atoms with Crippen LogP contribution in [-0.4, -0.2) is 28.1 Å². The van der Waals surface area contributed by atoms with E-state index in [1.165, 1.54) is 0 Å². The lowest BCUT2D eigenvalue weighted by Gasteiger charge is -2.11. The van der Waals surface area contributed by atoms with Gasteiger partial charge in [-0.1, -0.05) is 0 Å². The van der Waals surface area contributed by atoms with E-state index in [1.54, 1.807) is 10.9 Å². The molecule has 1 aromatic heterocycles. The van der Waals surface area contributed by atoms with Crippen molar-refractivity contribution >= 4 is 12.3 Å². The van der Waals surface area contributed by atoms with Gasteiger partial charge in [-0.2, -0.15) is 5.10 Å². The van der Waals surface area contributed by atoms with Gasteiger partial charge in [0.25, 0.3) is 0 Å². The minimum absolute atomic E-state index is 0.494. The Balaban J connectivity index is 2.33. The molecule has 1 unspecified atom stereocenters. The Kier molecular flexibility index (Phi) is 4.50. The Morgan fingerprint density at radius 1 is 1.75 bits per heavy atom. The van der Waals surface area contributed by atoms with E-state index < -0.39 is 11.9 Å². The molecule has 6 nitrogen and oxygen atoms in total. The van der Waals surface area contributed by atoms with Crippen LogP contribution in [0.25, 0.3) is 0 Å². The second-order valence-corrected chi connectivity index (χ2v) is 3.66. The first-order valence-corrected chi connectivity index (χ1v) is 5.11. The van der Waals surface area contributed by atoms with Crippen molar-refractivity contribution in [2.24, 2.45) is 5.73 Å². The smallest absolute Gasteiger partial charge is 0.239 e. The van der Waals surface area contributed by atoms with Crippen LogP contribution in [0.3, 0.4) is 0 Å². The Labute approximate surface area is 93.8 Å². The number of hydrogen-bond acceptors (Lipinski definition) is 3. The zero-order valence-electron chi connectivity index (χ0n) is 9.22. The molecule has 0 radical (unpaired) electrons. The van der Waals surface area contributed by atoms with Gasteiger partial charge in [0, 0.05) is 12.7 Å². The number of carbonyl (C=O) groups excluding carboxylic acids is 2. The van der Waals surface area contributed by atoms with Crippen molar-refractivity contribution in [2.45, 2.75) is 32.4 Å². The Bertz CT molecular complexity index is 361. The third kappa shape index (κ3) is 3.72. The molecule has 0 bridgehead atoms. The molecule has 0 aromatic carbocycles. The zero-order chi connectivity index (χ0) is 12.0. The maximum atomic E-state index is 10.9. The van der Waals surface area contributed by atoms with Crippen LogP contribution in [0.15, 0.2) is 12.4 Å². The number of aromatic nitrogens is 2. The highest BCUT2D eigenvalue weighted by atomic mass is 16.2.